The minimum absolute atomic E-state index is 0.0847. The highest BCUT2D eigenvalue weighted by atomic mass is 32.2. The number of methoxy groups -OCH3 is 1. The summed E-state index contributed by atoms with van der Waals surface area (Å²) in [5.41, 5.74) is -0.290. The van der Waals surface area contributed by atoms with Crippen LogP contribution in [0.3, 0.4) is 0 Å². The third-order valence-corrected chi connectivity index (χ3v) is 5.61. The van der Waals surface area contributed by atoms with E-state index in [-0.39, 0.29) is 37.0 Å². The topological polar surface area (TPSA) is 62.7 Å². The molecule has 0 radical (unpaired) electrons. The van der Waals surface area contributed by atoms with Crippen molar-refractivity contribution in [2.75, 3.05) is 55.4 Å². The maximum atomic E-state index is 14.8. The third-order valence-electron chi connectivity index (χ3n) is 3.90. The van der Waals surface area contributed by atoms with Gasteiger partial charge < -0.3 is 14.5 Å². The second-order valence-electron chi connectivity index (χ2n) is 5.19. The molecule has 1 aliphatic heterocycles. The van der Waals surface area contributed by atoms with Crippen molar-refractivity contribution in [3.05, 3.63) is 11.8 Å². The Morgan fingerprint density at radius 1 is 1.30 bits per heavy atom. The van der Waals surface area contributed by atoms with Crippen molar-refractivity contribution in [1.29, 1.82) is 0 Å². The number of ether oxygens (including phenoxy) is 1. The molecule has 0 fully saturated rings. The lowest BCUT2D eigenvalue weighted by atomic mass is 10.3. The fraction of sp³-hybridized carbons (Fsp3) is 0.643. The van der Waals surface area contributed by atoms with E-state index in [0.717, 1.165) is 0 Å². The van der Waals surface area contributed by atoms with E-state index < -0.39 is 26.5 Å². The first-order valence-corrected chi connectivity index (χ1v) is 9.13. The van der Waals surface area contributed by atoms with E-state index in [1.165, 1.54) is 16.9 Å². The molecular formula is C14H21F2N3O3S. The first-order valence-electron chi connectivity index (χ1n) is 7.47. The number of fused-ring (bicyclic) bond motifs is 1. The number of hydrogen-bond acceptors (Lipinski definition) is 6. The van der Waals surface area contributed by atoms with Crippen LogP contribution in [0.2, 0.25) is 0 Å². The molecule has 1 aliphatic rings. The third kappa shape index (κ3) is 3.25. The van der Waals surface area contributed by atoms with Crippen LogP contribution in [-0.2, 0) is 14.6 Å². The van der Waals surface area contributed by atoms with Gasteiger partial charge in [-0.2, -0.15) is 9.37 Å². The monoisotopic (exact) mass is 349 g/mol. The van der Waals surface area contributed by atoms with Crippen molar-refractivity contribution < 1.29 is 21.9 Å². The van der Waals surface area contributed by atoms with Gasteiger partial charge in [0.15, 0.2) is 21.5 Å². The van der Waals surface area contributed by atoms with Gasteiger partial charge in [-0.25, -0.2) is 12.8 Å². The van der Waals surface area contributed by atoms with Crippen molar-refractivity contribution in [2.24, 2.45) is 0 Å². The molecule has 9 heteroatoms. The zero-order chi connectivity index (χ0) is 17.2. The van der Waals surface area contributed by atoms with E-state index in [2.05, 4.69) is 4.98 Å². The minimum atomic E-state index is -3.89. The normalized spacial score (nSPS) is 16.3. The molecule has 6 nitrogen and oxygen atoms in total. The minimum Gasteiger partial charge on any atom is -0.383 e. The van der Waals surface area contributed by atoms with Crippen LogP contribution in [0.25, 0.3) is 0 Å². The van der Waals surface area contributed by atoms with Gasteiger partial charge in [-0.15, -0.1) is 0 Å². The van der Waals surface area contributed by atoms with Gasteiger partial charge in [0.25, 0.3) is 0 Å². The molecule has 1 aromatic rings. The first kappa shape index (κ1) is 17.9. The number of rotatable bonds is 6. The molecule has 1 aromatic heterocycles. The molecule has 0 bridgehead atoms. The van der Waals surface area contributed by atoms with Gasteiger partial charge in [-0.05, 0) is 13.8 Å². The molecule has 130 valence electrons. The van der Waals surface area contributed by atoms with Gasteiger partial charge in [0.1, 0.15) is 10.6 Å². The number of halogens is 2. The molecule has 0 aliphatic carbocycles. The summed E-state index contributed by atoms with van der Waals surface area (Å²) in [6.07, 6.45) is 0. The predicted octanol–water partition coefficient (Wildman–Crippen LogP) is 1.45. The van der Waals surface area contributed by atoms with Crippen molar-refractivity contribution in [1.82, 2.24) is 4.98 Å². The van der Waals surface area contributed by atoms with E-state index in [1.54, 1.807) is 13.8 Å². The maximum Gasteiger partial charge on any atom is 0.239 e. The second-order valence-corrected chi connectivity index (χ2v) is 7.23. The van der Waals surface area contributed by atoms with Crippen LogP contribution in [0.4, 0.5) is 20.3 Å². The number of aromatic nitrogens is 1. The molecule has 2 heterocycles. The molecular weight excluding hydrogens is 328 g/mol. The smallest absolute Gasteiger partial charge is 0.239 e. The molecule has 23 heavy (non-hydrogen) atoms. The zero-order valence-corrected chi connectivity index (χ0v) is 14.3. The van der Waals surface area contributed by atoms with Crippen LogP contribution in [0.5, 0.6) is 0 Å². The Morgan fingerprint density at radius 2 is 1.96 bits per heavy atom. The maximum absolute atomic E-state index is 14.8. The molecule has 2 rings (SSSR count). The molecule has 0 aromatic carbocycles. The van der Waals surface area contributed by atoms with Gasteiger partial charge in [0, 0.05) is 33.3 Å². The largest absolute Gasteiger partial charge is 0.383 e. The Kier molecular flexibility index (Phi) is 5.41. The van der Waals surface area contributed by atoms with Crippen molar-refractivity contribution >= 4 is 21.3 Å². The second kappa shape index (κ2) is 6.96. The quantitative estimate of drug-likeness (QED) is 0.725. The number of anilines is 2. The van der Waals surface area contributed by atoms with Crippen LogP contribution >= 0.6 is 0 Å². The lowest BCUT2D eigenvalue weighted by Crippen LogP contribution is -2.39. The lowest BCUT2D eigenvalue weighted by molar-refractivity contribution is 0.205. The molecule has 0 saturated carbocycles. The summed E-state index contributed by atoms with van der Waals surface area (Å²) >= 11 is 0. The van der Waals surface area contributed by atoms with E-state index in [0.29, 0.717) is 13.1 Å². The molecule has 0 unspecified atom stereocenters. The average Bonchev–Trinajstić information content (AvgIpc) is 2.51. The van der Waals surface area contributed by atoms with E-state index in [1.807, 2.05) is 0 Å². The van der Waals surface area contributed by atoms with E-state index in [4.69, 9.17) is 4.74 Å². The highest BCUT2D eigenvalue weighted by Crippen LogP contribution is 2.37. The highest BCUT2D eigenvalue weighted by molar-refractivity contribution is 7.91. The summed E-state index contributed by atoms with van der Waals surface area (Å²) in [6.45, 7) is 4.95. The summed E-state index contributed by atoms with van der Waals surface area (Å²) in [4.78, 5) is 6.06. The van der Waals surface area contributed by atoms with E-state index >= 15 is 0 Å². The summed E-state index contributed by atoms with van der Waals surface area (Å²) < 4.78 is 58.9. The van der Waals surface area contributed by atoms with E-state index in [9.17, 15) is 17.2 Å². The highest BCUT2D eigenvalue weighted by Gasteiger charge is 2.37. The number of hydrogen-bond donors (Lipinski definition) is 0. The molecule has 0 amide bonds. The summed E-state index contributed by atoms with van der Waals surface area (Å²) in [5.74, 6) is -2.47. The van der Waals surface area contributed by atoms with Crippen LogP contribution in [0.1, 0.15) is 13.8 Å². The Hall–Kier alpha value is -1.48. The first-order chi connectivity index (χ1) is 10.9. The summed E-state index contributed by atoms with van der Waals surface area (Å²) in [6, 6.07) is 0. The average molecular weight is 349 g/mol. The Balaban J connectivity index is 2.65. The fourth-order valence-electron chi connectivity index (χ4n) is 2.65. The van der Waals surface area contributed by atoms with Crippen molar-refractivity contribution in [2.45, 2.75) is 18.7 Å². The SMILES string of the molecule is CCN(CC)c1nc(F)c2c(c1F)S(=O)(=O)CCN2CCOC. The molecule has 0 saturated heterocycles. The van der Waals surface area contributed by atoms with Gasteiger partial charge in [0.2, 0.25) is 5.95 Å². The van der Waals surface area contributed by atoms with Crippen molar-refractivity contribution in [3.63, 3.8) is 0 Å². The molecule has 0 atom stereocenters. The Bertz CT molecular complexity index is 678. The lowest BCUT2D eigenvalue weighted by Gasteiger charge is -2.32. The van der Waals surface area contributed by atoms with Crippen LogP contribution in [0, 0.1) is 11.8 Å². The zero-order valence-electron chi connectivity index (χ0n) is 13.5. The predicted molar refractivity (Wildman–Crippen MR) is 83.9 cm³/mol. The Labute approximate surface area is 135 Å². The van der Waals surface area contributed by atoms with Crippen molar-refractivity contribution in [3.8, 4) is 0 Å². The van der Waals surface area contributed by atoms with Gasteiger partial charge in [-0.3, -0.25) is 0 Å². The number of pyridine rings is 1. The number of sulfone groups is 1. The molecule has 0 N–H and O–H groups in total. The van der Waals surface area contributed by atoms with Gasteiger partial charge >= 0.3 is 0 Å². The van der Waals surface area contributed by atoms with Crippen LogP contribution in [0.15, 0.2) is 4.90 Å². The summed E-state index contributed by atoms with van der Waals surface area (Å²) in [7, 11) is -2.40. The van der Waals surface area contributed by atoms with Crippen LogP contribution in [-0.4, -0.2) is 59.1 Å². The van der Waals surface area contributed by atoms with Crippen LogP contribution < -0.4 is 9.80 Å². The molecule has 0 spiro atoms. The fourth-order valence-corrected chi connectivity index (χ4v) is 4.19. The standard InChI is InChI=1S/C14H21F2N3O3S/c1-4-18(5-2)14-10(15)12-11(13(16)17-14)19(6-8-22-3)7-9-23(12,20)21/h4-9H2,1-3H3. The Morgan fingerprint density at radius 3 is 2.52 bits per heavy atom. The summed E-state index contributed by atoms with van der Waals surface area (Å²) in [5, 5.41) is 0. The number of nitrogens with zero attached hydrogens (tertiary/aromatic N) is 3. The van der Waals surface area contributed by atoms with Gasteiger partial charge in [0.05, 0.1) is 12.4 Å². The van der Waals surface area contributed by atoms with Gasteiger partial charge in [-0.1, -0.05) is 0 Å².